The molecule has 1 unspecified atom stereocenters. The fourth-order valence-electron chi connectivity index (χ4n) is 4.83. The molecule has 6 rings (SSSR count). The molecule has 8 nitrogen and oxygen atoms in total. The molecule has 0 bridgehead atoms. The van der Waals surface area contributed by atoms with E-state index in [-0.39, 0.29) is 18.4 Å². The molecule has 234 valence electrons. The molecule has 1 aliphatic heterocycles. The molecule has 0 radical (unpaired) electrons. The number of benzene rings is 5. The van der Waals surface area contributed by atoms with E-state index in [0.717, 1.165) is 21.6 Å². The predicted octanol–water partition coefficient (Wildman–Crippen LogP) is 7.61. The number of amides is 3. The van der Waals surface area contributed by atoms with Gasteiger partial charge in [0.15, 0.2) is 11.5 Å². The maximum atomic E-state index is 13.6. The number of anilines is 2. The molecule has 1 atom stereocenters. The highest BCUT2D eigenvalue weighted by Gasteiger charge is 2.19. The van der Waals surface area contributed by atoms with E-state index in [0.29, 0.717) is 28.4 Å². The number of hydrogen-bond acceptors (Lipinski definition) is 6. The predicted molar refractivity (Wildman–Crippen MR) is 185 cm³/mol. The molecule has 9 heteroatoms. The second-order valence-electron chi connectivity index (χ2n) is 10.7. The molecule has 0 aliphatic carbocycles. The molecule has 0 fully saturated rings. The molecular formula is C38H31N3O5S. The number of rotatable bonds is 10. The summed E-state index contributed by atoms with van der Waals surface area (Å²) in [5, 5.41) is 8.15. The van der Waals surface area contributed by atoms with Gasteiger partial charge in [0.2, 0.25) is 12.7 Å². The third kappa shape index (κ3) is 8.08. The summed E-state index contributed by atoms with van der Waals surface area (Å²) in [6.07, 6.45) is 1.64. The standard InChI is InChI=1S/C38H31N3O5S/c1-25(36(42)39-31-19-20-34-35(23-31)46-24-45-34)47-32-14-8-13-30(22-32)40-38(44)33(41-37(43)29-11-6-3-7-12-29)21-26-15-17-28(18-16-26)27-9-4-2-5-10-27/h2-23,25H,24H2,1H3,(H,39,42)(H,40,44)(H,41,43)/b33-21+. The maximum Gasteiger partial charge on any atom is 0.272 e. The number of ether oxygens (including phenoxy) is 2. The SMILES string of the molecule is CC(Sc1cccc(NC(=O)/C(=C\c2ccc(-c3ccccc3)cc2)NC(=O)c2ccccc2)c1)C(=O)Nc1ccc2c(c1)OCO2. The number of thioether (sulfide) groups is 1. The first-order chi connectivity index (χ1) is 22.9. The van der Waals surface area contributed by atoms with E-state index in [9.17, 15) is 14.4 Å². The minimum Gasteiger partial charge on any atom is -0.454 e. The second-order valence-corrected chi connectivity index (χ2v) is 12.1. The number of hydrogen-bond donors (Lipinski definition) is 3. The molecule has 0 spiro atoms. The van der Waals surface area contributed by atoms with Crippen LogP contribution in [-0.2, 0) is 9.59 Å². The van der Waals surface area contributed by atoms with Crippen molar-refractivity contribution in [3.8, 4) is 22.6 Å². The van der Waals surface area contributed by atoms with Crippen molar-refractivity contribution in [2.45, 2.75) is 17.1 Å². The van der Waals surface area contributed by atoms with Gasteiger partial charge in [0, 0.05) is 27.9 Å². The van der Waals surface area contributed by atoms with Gasteiger partial charge in [-0.15, -0.1) is 11.8 Å². The highest BCUT2D eigenvalue weighted by atomic mass is 32.2. The number of fused-ring (bicyclic) bond motifs is 1. The zero-order valence-corrected chi connectivity index (χ0v) is 26.3. The summed E-state index contributed by atoms with van der Waals surface area (Å²) in [5.74, 6) is 0.152. The van der Waals surface area contributed by atoms with Gasteiger partial charge >= 0.3 is 0 Å². The van der Waals surface area contributed by atoms with Gasteiger partial charge < -0.3 is 25.4 Å². The summed E-state index contributed by atoms with van der Waals surface area (Å²) in [7, 11) is 0. The quantitative estimate of drug-likeness (QED) is 0.107. The van der Waals surface area contributed by atoms with E-state index in [4.69, 9.17) is 9.47 Å². The van der Waals surface area contributed by atoms with Gasteiger partial charge in [-0.05, 0) is 72.2 Å². The molecule has 3 amide bonds. The van der Waals surface area contributed by atoms with Crippen molar-refractivity contribution in [1.82, 2.24) is 5.32 Å². The minimum atomic E-state index is -0.489. The lowest BCUT2D eigenvalue weighted by Gasteiger charge is -2.14. The monoisotopic (exact) mass is 641 g/mol. The van der Waals surface area contributed by atoms with Crippen molar-refractivity contribution < 1.29 is 23.9 Å². The molecule has 1 aliphatic rings. The van der Waals surface area contributed by atoms with Crippen LogP contribution in [0.15, 0.2) is 138 Å². The molecule has 0 aromatic heterocycles. The van der Waals surface area contributed by atoms with Crippen LogP contribution in [0.25, 0.3) is 17.2 Å². The third-order valence-electron chi connectivity index (χ3n) is 7.27. The molecule has 5 aromatic carbocycles. The van der Waals surface area contributed by atoms with Gasteiger partial charge in [-0.2, -0.15) is 0 Å². The van der Waals surface area contributed by atoms with Gasteiger partial charge in [-0.3, -0.25) is 14.4 Å². The summed E-state index contributed by atoms with van der Waals surface area (Å²) < 4.78 is 10.7. The topological polar surface area (TPSA) is 106 Å². The van der Waals surface area contributed by atoms with E-state index in [1.165, 1.54) is 11.8 Å². The highest BCUT2D eigenvalue weighted by molar-refractivity contribution is 8.00. The Hall–Kier alpha value is -5.80. The summed E-state index contributed by atoms with van der Waals surface area (Å²) >= 11 is 1.35. The molecule has 3 N–H and O–H groups in total. The van der Waals surface area contributed by atoms with E-state index >= 15 is 0 Å². The van der Waals surface area contributed by atoms with Crippen molar-refractivity contribution in [1.29, 1.82) is 0 Å². The number of carbonyl (C=O) groups is 3. The van der Waals surface area contributed by atoms with E-state index in [1.807, 2.05) is 66.7 Å². The van der Waals surface area contributed by atoms with Gasteiger partial charge in [-0.25, -0.2) is 0 Å². The zero-order chi connectivity index (χ0) is 32.6. The first-order valence-corrected chi connectivity index (χ1v) is 15.8. The Kier molecular flexibility index (Phi) is 9.64. The summed E-state index contributed by atoms with van der Waals surface area (Å²) in [4.78, 5) is 40.4. The number of carbonyl (C=O) groups excluding carboxylic acids is 3. The van der Waals surface area contributed by atoms with Crippen LogP contribution in [0.1, 0.15) is 22.8 Å². The second kappa shape index (κ2) is 14.5. The summed E-state index contributed by atoms with van der Waals surface area (Å²) in [5.41, 5.74) is 4.50. The fraction of sp³-hybridized carbons (Fsp3) is 0.0789. The Bertz CT molecular complexity index is 1930. The van der Waals surface area contributed by atoms with Crippen LogP contribution < -0.4 is 25.4 Å². The van der Waals surface area contributed by atoms with Crippen LogP contribution in [0.3, 0.4) is 0 Å². The van der Waals surface area contributed by atoms with Crippen LogP contribution in [0.4, 0.5) is 11.4 Å². The summed E-state index contributed by atoms with van der Waals surface area (Å²) in [6.45, 7) is 1.96. The fourth-order valence-corrected chi connectivity index (χ4v) is 5.76. The largest absolute Gasteiger partial charge is 0.454 e. The average Bonchev–Trinajstić information content (AvgIpc) is 3.57. The Labute approximate surface area is 276 Å². The Morgan fingerprint density at radius 1 is 0.702 bits per heavy atom. The zero-order valence-electron chi connectivity index (χ0n) is 25.4. The maximum absolute atomic E-state index is 13.6. The van der Waals surface area contributed by atoms with E-state index in [1.54, 1.807) is 73.7 Å². The van der Waals surface area contributed by atoms with Crippen molar-refractivity contribution in [3.05, 3.63) is 144 Å². The van der Waals surface area contributed by atoms with E-state index in [2.05, 4.69) is 16.0 Å². The Morgan fingerprint density at radius 3 is 2.15 bits per heavy atom. The normalized spacial score (nSPS) is 12.6. The van der Waals surface area contributed by atoms with Gasteiger partial charge in [0.25, 0.3) is 11.8 Å². The van der Waals surface area contributed by atoms with Crippen molar-refractivity contribution >= 4 is 46.9 Å². The molecule has 0 saturated heterocycles. The third-order valence-corrected chi connectivity index (χ3v) is 8.37. The van der Waals surface area contributed by atoms with E-state index < -0.39 is 17.1 Å². The lowest BCUT2D eigenvalue weighted by molar-refractivity contribution is -0.115. The smallest absolute Gasteiger partial charge is 0.272 e. The van der Waals surface area contributed by atoms with Gasteiger partial charge in [0.05, 0.1) is 5.25 Å². The molecule has 0 saturated carbocycles. The first kappa shape index (κ1) is 31.2. The number of nitrogens with one attached hydrogen (secondary N) is 3. The molecular weight excluding hydrogens is 611 g/mol. The lowest BCUT2D eigenvalue weighted by Crippen LogP contribution is -2.30. The van der Waals surface area contributed by atoms with Crippen molar-refractivity contribution in [3.63, 3.8) is 0 Å². The highest BCUT2D eigenvalue weighted by Crippen LogP contribution is 2.35. The summed E-state index contributed by atoms with van der Waals surface area (Å²) in [6, 6.07) is 38.9. The van der Waals surface area contributed by atoms with Crippen molar-refractivity contribution in [2.24, 2.45) is 0 Å². The molecule has 1 heterocycles. The molecule has 47 heavy (non-hydrogen) atoms. The van der Waals surface area contributed by atoms with Crippen LogP contribution in [0.5, 0.6) is 11.5 Å². The Morgan fingerprint density at radius 2 is 1.38 bits per heavy atom. The Balaban J connectivity index is 1.16. The van der Waals surface area contributed by atoms with Crippen molar-refractivity contribution in [2.75, 3.05) is 17.4 Å². The lowest BCUT2D eigenvalue weighted by atomic mass is 10.0. The first-order valence-electron chi connectivity index (χ1n) is 14.9. The van der Waals surface area contributed by atoms with Gasteiger partial charge in [0.1, 0.15) is 5.70 Å². The average molecular weight is 642 g/mol. The van der Waals surface area contributed by atoms with Gasteiger partial charge in [-0.1, -0.05) is 78.9 Å². The van der Waals surface area contributed by atoms with Crippen LogP contribution in [0, 0.1) is 0 Å². The molecule has 5 aromatic rings. The van der Waals surface area contributed by atoms with Crippen LogP contribution in [-0.4, -0.2) is 29.8 Å². The minimum absolute atomic E-state index is 0.0841. The van der Waals surface area contributed by atoms with Crippen LogP contribution >= 0.6 is 11.8 Å². The van der Waals surface area contributed by atoms with Crippen LogP contribution in [0.2, 0.25) is 0 Å².